The molecule has 0 aromatic heterocycles. The van der Waals surface area contributed by atoms with E-state index in [1.54, 1.807) is 0 Å². The van der Waals surface area contributed by atoms with Gasteiger partial charge in [0.05, 0.1) is 12.2 Å². The van der Waals surface area contributed by atoms with Crippen LogP contribution in [-0.2, 0) is 11.3 Å². The van der Waals surface area contributed by atoms with Gasteiger partial charge in [-0.2, -0.15) is 0 Å². The molecule has 0 bridgehead atoms. The van der Waals surface area contributed by atoms with Crippen molar-refractivity contribution in [3.63, 3.8) is 0 Å². The number of hydrogen-bond donors (Lipinski definition) is 0. The van der Waals surface area contributed by atoms with E-state index in [4.69, 9.17) is 16.3 Å². The minimum atomic E-state index is -0.00291. The highest BCUT2D eigenvalue weighted by Gasteiger charge is 2.21. The summed E-state index contributed by atoms with van der Waals surface area (Å²) in [6.45, 7) is 7.19. The fourth-order valence-electron chi connectivity index (χ4n) is 1.76. The van der Waals surface area contributed by atoms with Crippen molar-refractivity contribution in [2.24, 2.45) is 0 Å². The molecule has 0 amide bonds. The molecule has 16 heavy (non-hydrogen) atoms. The molecule has 0 aliphatic rings. The zero-order chi connectivity index (χ0) is 12.0. The average Bonchev–Trinajstić information content (AvgIpc) is 2.27. The minimum Gasteiger partial charge on any atom is -0.371 e. The molecular formula is C14H21ClO. The second-order valence-electron chi connectivity index (χ2n) is 4.47. The van der Waals surface area contributed by atoms with Crippen molar-refractivity contribution in [2.75, 3.05) is 0 Å². The Morgan fingerprint density at radius 3 is 2.62 bits per heavy atom. The van der Waals surface area contributed by atoms with Crippen molar-refractivity contribution in [2.45, 2.75) is 52.2 Å². The van der Waals surface area contributed by atoms with E-state index in [1.807, 2.05) is 24.3 Å². The van der Waals surface area contributed by atoms with Gasteiger partial charge < -0.3 is 4.74 Å². The highest BCUT2D eigenvalue weighted by atomic mass is 35.5. The molecule has 0 saturated carbocycles. The standard InChI is InChI=1S/C14H21ClO/c1-4-9-14(3,5-2)16-11-12-7-6-8-13(15)10-12/h6-8,10H,4-5,9,11H2,1-3H3. The highest BCUT2D eigenvalue weighted by molar-refractivity contribution is 6.30. The molecule has 1 aromatic rings. The summed E-state index contributed by atoms with van der Waals surface area (Å²) in [5.74, 6) is 0. The van der Waals surface area contributed by atoms with Gasteiger partial charge in [-0.15, -0.1) is 0 Å². The quantitative estimate of drug-likeness (QED) is 0.692. The van der Waals surface area contributed by atoms with Crippen LogP contribution in [0.15, 0.2) is 24.3 Å². The summed E-state index contributed by atoms with van der Waals surface area (Å²) in [5.41, 5.74) is 1.14. The van der Waals surface area contributed by atoms with Crippen LogP contribution in [0.4, 0.5) is 0 Å². The number of halogens is 1. The molecular weight excluding hydrogens is 220 g/mol. The SMILES string of the molecule is CCCC(C)(CC)OCc1cccc(Cl)c1. The number of ether oxygens (including phenoxy) is 1. The van der Waals surface area contributed by atoms with Crippen LogP contribution in [0.3, 0.4) is 0 Å². The van der Waals surface area contributed by atoms with Crippen LogP contribution < -0.4 is 0 Å². The Morgan fingerprint density at radius 2 is 2.06 bits per heavy atom. The molecule has 0 N–H and O–H groups in total. The monoisotopic (exact) mass is 240 g/mol. The van der Waals surface area contributed by atoms with E-state index in [0.29, 0.717) is 6.61 Å². The van der Waals surface area contributed by atoms with Crippen LogP contribution in [0.1, 0.15) is 45.6 Å². The first-order chi connectivity index (χ1) is 7.59. The molecule has 0 radical (unpaired) electrons. The maximum Gasteiger partial charge on any atom is 0.0724 e. The van der Waals surface area contributed by atoms with Crippen molar-refractivity contribution in [3.8, 4) is 0 Å². The number of rotatable bonds is 6. The van der Waals surface area contributed by atoms with Crippen LogP contribution in [0.5, 0.6) is 0 Å². The summed E-state index contributed by atoms with van der Waals surface area (Å²) >= 11 is 5.93. The summed E-state index contributed by atoms with van der Waals surface area (Å²) < 4.78 is 6.00. The van der Waals surface area contributed by atoms with E-state index < -0.39 is 0 Å². The lowest BCUT2D eigenvalue weighted by molar-refractivity contribution is -0.0519. The molecule has 1 atom stereocenters. The molecule has 0 aliphatic heterocycles. The van der Waals surface area contributed by atoms with Crippen molar-refractivity contribution in [1.82, 2.24) is 0 Å². The zero-order valence-electron chi connectivity index (χ0n) is 10.4. The van der Waals surface area contributed by atoms with Crippen molar-refractivity contribution in [1.29, 1.82) is 0 Å². The molecule has 2 heteroatoms. The number of hydrogen-bond acceptors (Lipinski definition) is 1. The Morgan fingerprint density at radius 1 is 1.31 bits per heavy atom. The van der Waals surface area contributed by atoms with Crippen molar-refractivity contribution >= 4 is 11.6 Å². The molecule has 1 unspecified atom stereocenters. The lowest BCUT2D eigenvalue weighted by atomic mass is 9.97. The molecule has 0 saturated heterocycles. The summed E-state index contributed by atoms with van der Waals surface area (Å²) in [4.78, 5) is 0. The van der Waals surface area contributed by atoms with Crippen LogP contribution in [0.2, 0.25) is 5.02 Å². The Bertz CT molecular complexity index is 324. The van der Waals surface area contributed by atoms with E-state index in [-0.39, 0.29) is 5.60 Å². The fourth-order valence-corrected chi connectivity index (χ4v) is 1.98. The van der Waals surface area contributed by atoms with Gasteiger partial charge in [0.25, 0.3) is 0 Å². The minimum absolute atomic E-state index is 0.00291. The molecule has 90 valence electrons. The van der Waals surface area contributed by atoms with E-state index >= 15 is 0 Å². The third-order valence-electron chi connectivity index (χ3n) is 3.00. The van der Waals surface area contributed by atoms with E-state index in [9.17, 15) is 0 Å². The first-order valence-corrected chi connectivity index (χ1v) is 6.36. The van der Waals surface area contributed by atoms with Crippen LogP contribution in [0.25, 0.3) is 0 Å². The highest BCUT2D eigenvalue weighted by Crippen LogP contribution is 2.23. The maximum absolute atomic E-state index is 6.00. The Kier molecular flexibility index (Phi) is 5.30. The van der Waals surface area contributed by atoms with Gasteiger partial charge in [0, 0.05) is 5.02 Å². The molecule has 0 heterocycles. The molecule has 1 aromatic carbocycles. The molecule has 1 rings (SSSR count). The topological polar surface area (TPSA) is 9.23 Å². The van der Waals surface area contributed by atoms with Crippen molar-refractivity contribution < 1.29 is 4.74 Å². The van der Waals surface area contributed by atoms with Gasteiger partial charge in [0.15, 0.2) is 0 Å². The second kappa shape index (κ2) is 6.27. The van der Waals surface area contributed by atoms with Gasteiger partial charge in [0.1, 0.15) is 0 Å². The predicted octanol–water partition coefficient (Wildman–Crippen LogP) is 4.83. The van der Waals surface area contributed by atoms with Gasteiger partial charge in [-0.1, -0.05) is 44.0 Å². The Hall–Kier alpha value is -0.530. The van der Waals surface area contributed by atoms with E-state index in [2.05, 4.69) is 20.8 Å². The number of benzene rings is 1. The summed E-state index contributed by atoms with van der Waals surface area (Å²) in [7, 11) is 0. The first-order valence-electron chi connectivity index (χ1n) is 5.98. The van der Waals surface area contributed by atoms with Gasteiger partial charge in [-0.05, 0) is 37.5 Å². The second-order valence-corrected chi connectivity index (χ2v) is 4.91. The summed E-state index contributed by atoms with van der Waals surface area (Å²) in [6, 6.07) is 7.86. The smallest absolute Gasteiger partial charge is 0.0724 e. The maximum atomic E-state index is 6.00. The zero-order valence-corrected chi connectivity index (χ0v) is 11.2. The summed E-state index contributed by atoms with van der Waals surface area (Å²) in [5, 5.41) is 0.773. The molecule has 0 spiro atoms. The summed E-state index contributed by atoms with van der Waals surface area (Å²) in [6.07, 6.45) is 3.30. The van der Waals surface area contributed by atoms with Gasteiger partial charge >= 0.3 is 0 Å². The van der Waals surface area contributed by atoms with Crippen LogP contribution in [0, 0.1) is 0 Å². The molecule has 1 nitrogen and oxygen atoms in total. The molecule has 0 aliphatic carbocycles. The third kappa shape index (κ3) is 4.15. The van der Waals surface area contributed by atoms with Crippen LogP contribution in [-0.4, -0.2) is 5.60 Å². The normalized spacial score (nSPS) is 14.8. The Labute approximate surface area is 104 Å². The Balaban J connectivity index is 2.55. The lowest BCUT2D eigenvalue weighted by Crippen LogP contribution is -2.27. The van der Waals surface area contributed by atoms with Crippen LogP contribution >= 0.6 is 11.6 Å². The van der Waals surface area contributed by atoms with Crippen molar-refractivity contribution in [3.05, 3.63) is 34.9 Å². The third-order valence-corrected chi connectivity index (χ3v) is 3.24. The average molecular weight is 241 g/mol. The van der Waals surface area contributed by atoms with E-state index in [1.165, 1.54) is 0 Å². The van der Waals surface area contributed by atoms with E-state index in [0.717, 1.165) is 29.8 Å². The van der Waals surface area contributed by atoms with Gasteiger partial charge in [-0.25, -0.2) is 0 Å². The van der Waals surface area contributed by atoms with Gasteiger partial charge in [-0.3, -0.25) is 0 Å². The lowest BCUT2D eigenvalue weighted by Gasteiger charge is -2.28. The molecule has 0 fully saturated rings. The largest absolute Gasteiger partial charge is 0.371 e. The van der Waals surface area contributed by atoms with Gasteiger partial charge in [0.2, 0.25) is 0 Å². The predicted molar refractivity (Wildman–Crippen MR) is 69.8 cm³/mol. The first kappa shape index (κ1) is 13.5. The fraction of sp³-hybridized carbons (Fsp3) is 0.571.